The van der Waals surface area contributed by atoms with Crippen LogP contribution < -0.4 is 24.3 Å². The van der Waals surface area contributed by atoms with E-state index in [2.05, 4.69) is 5.32 Å². The Morgan fingerprint density at radius 1 is 1.00 bits per heavy atom. The first-order chi connectivity index (χ1) is 13.1. The van der Waals surface area contributed by atoms with Crippen molar-refractivity contribution in [3.63, 3.8) is 0 Å². The fraction of sp³-hybridized carbons (Fsp3) is 0.250. The zero-order chi connectivity index (χ0) is 19.6. The van der Waals surface area contributed by atoms with E-state index in [0.717, 1.165) is 0 Å². The Morgan fingerprint density at radius 2 is 1.74 bits per heavy atom. The third-order valence-electron chi connectivity index (χ3n) is 3.64. The molecule has 2 aromatic rings. The molecular weight excluding hydrogens is 370 g/mol. The van der Waals surface area contributed by atoms with E-state index in [4.69, 9.17) is 30.5 Å². The molecule has 1 N–H and O–H groups in total. The average molecular weight is 392 g/mol. The Hall–Kier alpha value is -2.86. The number of hydrogen-bond donors (Lipinski definition) is 1. The van der Waals surface area contributed by atoms with Crippen molar-refractivity contribution in [3.8, 4) is 23.0 Å². The number of carbonyl (C=O) groups excluding carboxylic acids is 1. The van der Waals surface area contributed by atoms with Crippen molar-refractivity contribution in [2.75, 3.05) is 34.5 Å². The summed E-state index contributed by atoms with van der Waals surface area (Å²) in [6.45, 7) is 0.653. The monoisotopic (exact) mass is 391 g/mol. The number of halogens is 1. The molecule has 0 saturated carbocycles. The summed E-state index contributed by atoms with van der Waals surface area (Å²) < 4.78 is 21.5. The van der Waals surface area contributed by atoms with Crippen LogP contribution in [0.25, 0.3) is 6.08 Å². The Labute approximate surface area is 163 Å². The van der Waals surface area contributed by atoms with Crippen molar-refractivity contribution < 1.29 is 23.7 Å². The lowest BCUT2D eigenvalue weighted by Crippen LogP contribution is -2.26. The molecule has 0 saturated heterocycles. The first kappa shape index (κ1) is 20.5. The normalized spacial score (nSPS) is 10.5. The maximum atomic E-state index is 12.0. The molecule has 0 aliphatic carbocycles. The highest BCUT2D eigenvalue weighted by atomic mass is 35.5. The van der Waals surface area contributed by atoms with Crippen LogP contribution in [0, 0.1) is 0 Å². The van der Waals surface area contributed by atoms with E-state index in [1.807, 2.05) is 12.1 Å². The highest BCUT2D eigenvalue weighted by Gasteiger charge is 2.14. The average Bonchev–Trinajstić information content (AvgIpc) is 2.69. The van der Waals surface area contributed by atoms with Gasteiger partial charge in [0.15, 0.2) is 11.5 Å². The Morgan fingerprint density at radius 3 is 2.41 bits per heavy atom. The zero-order valence-corrected chi connectivity index (χ0v) is 16.2. The summed E-state index contributed by atoms with van der Waals surface area (Å²) in [6, 6.07) is 10.7. The first-order valence-electron chi connectivity index (χ1n) is 8.23. The summed E-state index contributed by atoms with van der Waals surface area (Å²) in [5.74, 6) is 1.83. The van der Waals surface area contributed by atoms with Crippen molar-refractivity contribution in [1.82, 2.24) is 5.32 Å². The van der Waals surface area contributed by atoms with Crippen LogP contribution in [0.15, 0.2) is 42.5 Å². The van der Waals surface area contributed by atoms with Gasteiger partial charge in [-0.05, 0) is 30.3 Å². The minimum Gasteiger partial charge on any atom is -0.493 e. The van der Waals surface area contributed by atoms with Gasteiger partial charge < -0.3 is 24.3 Å². The van der Waals surface area contributed by atoms with Gasteiger partial charge in [-0.1, -0.05) is 23.7 Å². The number of ether oxygens (including phenoxy) is 4. The first-order valence-corrected chi connectivity index (χ1v) is 8.60. The van der Waals surface area contributed by atoms with Gasteiger partial charge in [-0.3, -0.25) is 4.79 Å². The number of methoxy groups -OCH3 is 3. The van der Waals surface area contributed by atoms with Gasteiger partial charge in [0.05, 0.1) is 32.9 Å². The Balaban J connectivity index is 1.92. The third kappa shape index (κ3) is 5.56. The SMILES string of the molecule is COc1ccc(/C=C/C(=O)NCCOc2ccccc2Cl)c(OC)c1OC. The molecule has 0 aliphatic rings. The number of carbonyl (C=O) groups is 1. The zero-order valence-electron chi connectivity index (χ0n) is 15.5. The van der Waals surface area contributed by atoms with E-state index >= 15 is 0 Å². The molecule has 0 aromatic heterocycles. The molecule has 0 atom stereocenters. The molecule has 0 spiro atoms. The van der Waals surface area contributed by atoms with Gasteiger partial charge >= 0.3 is 0 Å². The fourth-order valence-electron chi connectivity index (χ4n) is 2.38. The molecule has 0 radical (unpaired) electrons. The second-order valence-electron chi connectivity index (χ2n) is 5.33. The van der Waals surface area contributed by atoms with Crippen molar-refractivity contribution in [2.45, 2.75) is 0 Å². The van der Waals surface area contributed by atoms with Crippen molar-refractivity contribution in [3.05, 3.63) is 53.1 Å². The minimum absolute atomic E-state index is 0.255. The van der Waals surface area contributed by atoms with Gasteiger partial charge in [-0.2, -0.15) is 0 Å². The van der Waals surface area contributed by atoms with Crippen LogP contribution in [-0.2, 0) is 4.79 Å². The van der Waals surface area contributed by atoms with Crippen LogP contribution in [0.3, 0.4) is 0 Å². The van der Waals surface area contributed by atoms with Crippen LogP contribution in [0.2, 0.25) is 5.02 Å². The van der Waals surface area contributed by atoms with Gasteiger partial charge in [-0.25, -0.2) is 0 Å². The van der Waals surface area contributed by atoms with Crippen LogP contribution in [-0.4, -0.2) is 40.4 Å². The molecule has 0 fully saturated rings. The standard InChI is InChI=1S/C20H22ClNO5/c1-24-17-10-8-14(19(25-2)20(17)26-3)9-11-18(23)22-12-13-27-16-7-5-4-6-15(16)21/h4-11H,12-13H2,1-3H3,(H,22,23)/b11-9+. The molecule has 2 aromatic carbocycles. The third-order valence-corrected chi connectivity index (χ3v) is 3.96. The predicted molar refractivity (Wildman–Crippen MR) is 105 cm³/mol. The van der Waals surface area contributed by atoms with E-state index in [1.54, 1.807) is 37.5 Å². The number of benzene rings is 2. The molecule has 7 heteroatoms. The van der Waals surface area contributed by atoms with Gasteiger partial charge in [0.2, 0.25) is 11.7 Å². The quantitative estimate of drug-likeness (QED) is 0.523. The fourth-order valence-corrected chi connectivity index (χ4v) is 2.57. The van der Waals surface area contributed by atoms with Crippen molar-refractivity contribution in [1.29, 1.82) is 0 Å². The maximum absolute atomic E-state index is 12.0. The minimum atomic E-state index is -0.255. The summed E-state index contributed by atoms with van der Waals surface area (Å²) in [4.78, 5) is 12.0. The number of rotatable bonds is 9. The van der Waals surface area contributed by atoms with Gasteiger partial charge in [0.25, 0.3) is 0 Å². The van der Waals surface area contributed by atoms with E-state index in [9.17, 15) is 4.79 Å². The molecule has 1 amide bonds. The van der Waals surface area contributed by atoms with Gasteiger partial charge in [0, 0.05) is 11.6 Å². The maximum Gasteiger partial charge on any atom is 0.244 e. The van der Waals surface area contributed by atoms with E-state index in [1.165, 1.54) is 20.3 Å². The summed E-state index contributed by atoms with van der Waals surface area (Å²) in [5, 5.41) is 3.27. The molecule has 2 rings (SSSR count). The van der Waals surface area contributed by atoms with Gasteiger partial charge in [0.1, 0.15) is 12.4 Å². The van der Waals surface area contributed by atoms with Crippen molar-refractivity contribution in [2.24, 2.45) is 0 Å². The van der Waals surface area contributed by atoms with E-state index < -0.39 is 0 Å². The highest BCUT2D eigenvalue weighted by molar-refractivity contribution is 6.32. The largest absolute Gasteiger partial charge is 0.493 e. The van der Waals surface area contributed by atoms with E-state index in [0.29, 0.717) is 46.7 Å². The van der Waals surface area contributed by atoms with Crippen LogP contribution in [0.4, 0.5) is 0 Å². The second-order valence-corrected chi connectivity index (χ2v) is 5.73. The van der Waals surface area contributed by atoms with Crippen LogP contribution in [0.1, 0.15) is 5.56 Å². The summed E-state index contributed by atoms with van der Waals surface area (Å²) >= 11 is 6.00. The lowest BCUT2D eigenvalue weighted by molar-refractivity contribution is -0.116. The van der Waals surface area contributed by atoms with Gasteiger partial charge in [-0.15, -0.1) is 0 Å². The molecule has 0 heterocycles. The van der Waals surface area contributed by atoms with E-state index in [-0.39, 0.29) is 5.91 Å². The van der Waals surface area contributed by atoms with Crippen LogP contribution >= 0.6 is 11.6 Å². The second kappa shape index (κ2) is 10.3. The van der Waals surface area contributed by atoms with Crippen LogP contribution in [0.5, 0.6) is 23.0 Å². The highest BCUT2D eigenvalue weighted by Crippen LogP contribution is 2.40. The Kier molecular flexibility index (Phi) is 7.82. The summed E-state index contributed by atoms with van der Waals surface area (Å²) in [6.07, 6.45) is 3.06. The molecule has 6 nitrogen and oxygen atoms in total. The Bertz CT molecular complexity index is 807. The predicted octanol–water partition coefficient (Wildman–Crippen LogP) is 3.57. The molecule has 144 valence electrons. The molecular formula is C20H22ClNO5. The molecule has 27 heavy (non-hydrogen) atoms. The number of para-hydroxylation sites is 1. The smallest absolute Gasteiger partial charge is 0.244 e. The topological polar surface area (TPSA) is 66.0 Å². The summed E-state index contributed by atoms with van der Waals surface area (Å²) in [7, 11) is 4.60. The van der Waals surface area contributed by atoms with Crippen molar-refractivity contribution >= 4 is 23.6 Å². The number of hydrogen-bond acceptors (Lipinski definition) is 5. The summed E-state index contributed by atoms with van der Waals surface area (Å²) in [5.41, 5.74) is 0.692. The molecule has 0 aliphatic heterocycles. The molecule has 0 unspecified atom stereocenters. The molecule has 0 bridgehead atoms. The number of amides is 1. The lowest BCUT2D eigenvalue weighted by Gasteiger charge is -2.14. The number of nitrogens with one attached hydrogen (secondary N) is 1. The lowest BCUT2D eigenvalue weighted by atomic mass is 10.1.